The van der Waals surface area contributed by atoms with Crippen LogP contribution in [0.15, 0.2) is 51.9 Å². The average molecular weight is 315 g/mol. The zero-order valence-corrected chi connectivity index (χ0v) is 13.8. The fraction of sp³-hybridized carbons (Fsp3) is 0.333. The molecule has 2 heterocycles. The van der Waals surface area contributed by atoms with Gasteiger partial charge in [0.05, 0.1) is 10.9 Å². The number of quaternary nitrogens is 1. The van der Waals surface area contributed by atoms with Gasteiger partial charge in [0.2, 0.25) is 0 Å². The average Bonchev–Trinajstić information content (AvgIpc) is 2.77. The summed E-state index contributed by atoms with van der Waals surface area (Å²) in [7, 11) is 0. The number of carbonyl (C=O) groups is 1. The van der Waals surface area contributed by atoms with Crippen molar-refractivity contribution >= 4 is 11.4 Å². The second-order valence-corrected chi connectivity index (χ2v) is 7.02. The maximum absolute atomic E-state index is 12.7. The molecule has 114 valence electrons. The molecule has 0 bridgehead atoms. The molecule has 0 aromatic heterocycles. The smallest absolute Gasteiger partial charge is 0.169 e. The number of carbonyl (C=O) groups excluding carboxylic acids is 1. The molecule has 0 unspecified atom stereocenters. The third-order valence-corrected chi connectivity index (χ3v) is 4.56. The van der Waals surface area contributed by atoms with Crippen molar-refractivity contribution in [3.05, 3.63) is 57.5 Å². The van der Waals surface area contributed by atoms with Crippen molar-refractivity contribution < 1.29 is 22.5 Å². The van der Waals surface area contributed by atoms with Gasteiger partial charge in [-0.25, -0.2) is 4.99 Å². The monoisotopic (exact) mass is 314 g/mol. The van der Waals surface area contributed by atoms with E-state index in [2.05, 4.69) is 32.2 Å². The summed E-state index contributed by atoms with van der Waals surface area (Å²) in [4.78, 5) is 17.5. The number of hydrogen-bond donors (Lipinski definition) is 1. The van der Waals surface area contributed by atoms with Gasteiger partial charge in [-0.05, 0) is 11.5 Å². The minimum atomic E-state index is 0. The number of benzene rings is 1. The third-order valence-electron chi connectivity index (χ3n) is 4.56. The van der Waals surface area contributed by atoms with Gasteiger partial charge in [0.15, 0.2) is 5.78 Å². The van der Waals surface area contributed by atoms with Crippen LogP contribution >= 0.6 is 0 Å². The van der Waals surface area contributed by atoms with Gasteiger partial charge in [-0.2, -0.15) is 0 Å². The van der Waals surface area contributed by atoms with Gasteiger partial charge in [-0.3, -0.25) is 10.1 Å². The lowest BCUT2D eigenvalue weighted by molar-refractivity contribution is -0.561. The van der Waals surface area contributed by atoms with Gasteiger partial charge in [-0.15, -0.1) is 0 Å². The summed E-state index contributed by atoms with van der Waals surface area (Å²) < 4.78 is 0. The Morgan fingerprint density at radius 3 is 2.64 bits per heavy atom. The molecule has 3 aliphatic rings. The predicted octanol–water partition coefficient (Wildman–Crippen LogP) is -2.07. The zero-order valence-electron chi connectivity index (χ0n) is 13.0. The molecule has 1 aromatic rings. The Hall–Kier alpha value is -1.71. The van der Waals surface area contributed by atoms with Crippen LogP contribution in [0.4, 0.5) is 0 Å². The zero-order chi connectivity index (χ0) is 14.8. The largest absolute Gasteiger partial charge is 1.00 e. The highest BCUT2D eigenvalue weighted by Crippen LogP contribution is 2.40. The SMILES string of the molecule is CC1=C2N=c3ccccc3=C2C2=C(CC(C)(C)CC2=O)[NH2+]1.[Cl-]. The van der Waals surface area contributed by atoms with Crippen LogP contribution in [-0.4, -0.2) is 5.78 Å². The number of allylic oxidation sites excluding steroid dienone is 3. The van der Waals surface area contributed by atoms with Crippen LogP contribution in [0.1, 0.15) is 33.6 Å². The Bertz CT molecular complexity index is 875. The number of hydrogen-bond acceptors (Lipinski definition) is 2. The summed E-state index contributed by atoms with van der Waals surface area (Å²) >= 11 is 0. The number of nitrogens with two attached hydrogens (primary N) is 1. The van der Waals surface area contributed by atoms with E-state index in [4.69, 9.17) is 4.99 Å². The molecule has 0 saturated heterocycles. The van der Waals surface area contributed by atoms with E-state index in [0.29, 0.717) is 6.42 Å². The molecule has 0 amide bonds. The molecule has 0 saturated carbocycles. The first kappa shape index (κ1) is 15.2. The molecular weight excluding hydrogens is 296 g/mol. The normalized spacial score (nSPS) is 21.8. The van der Waals surface area contributed by atoms with E-state index in [1.807, 2.05) is 18.2 Å². The first-order valence-electron chi connectivity index (χ1n) is 7.47. The van der Waals surface area contributed by atoms with Crippen molar-refractivity contribution in [2.45, 2.75) is 33.6 Å². The van der Waals surface area contributed by atoms with Crippen molar-refractivity contribution in [3.63, 3.8) is 0 Å². The van der Waals surface area contributed by atoms with Crippen molar-refractivity contribution in [1.29, 1.82) is 0 Å². The van der Waals surface area contributed by atoms with Gasteiger partial charge in [0.1, 0.15) is 17.1 Å². The summed E-state index contributed by atoms with van der Waals surface area (Å²) in [6.07, 6.45) is 1.59. The topological polar surface area (TPSA) is 46.0 Å². The number of halogens is 1. The van der Waals surface area contributed by atoms with Crippen LogP contribution in [-0.2, 0) is 4.79 Å². The van der Waals surface area contributed by atoms with Gasteiger partial charge in [-0.1, -0.05) is 32.0 Å². The van der Waals surface area contributed by atoms with E-state index in [-0.39, 0.29) is 23.6 Å². The van der Waals surface area contributed by atoms with E-state index in [9.17, 15) is 4.79 Å². The Labute approximate surface area is 135 Å². The molecular formula is C18H19ClN2O. The van der Waals surface area contributed by atoms with Crippen molar-refractivity contribution in [1.82, 2.24) is 0 Å². The Balaban J connectivity index is 0.00000144. The molecule has 22 heavy (non-hydrogen) atoms. The maximum atomic E-state index is 12.7. The second kappa shape index (κ2) is 4.90. The molecule has 2 N–H and O–H groups in total. The summed E-state index contributed by atoms with van der Waals surface area (Å²) in [6, 6.07) is 8.13. The highest BCUT2D eigenvalue weighted by molar-refractivity contribution is 6.11. The second-order valence-electron chi connectivity index (χ2n) is 7.02. The minimum Gasteiger partial charge on any atom is -1.00 e. The highest BCUT2D eigenvalue weighted by Gasteiger charge is 2.41. The number of rotatable bonds is 0. The minimum absolute atomic E-state index is 0. The van der Waals surface area contributed by atoms with Crippen LogP contribution in [0.5, 0.6) is 0 Å². The standard InChI is InChI=1S/C18H18N2O.ClH/c1-10-17-15(11-6-4-5-7-12(11)20-17)16-13(19-10)8-18(2,3)9-14(16)21;/h4-7,19H,8-9H2,1-3H3;1H. The first-order valence-corrected chi connectivity index (χ1v) is 7.47. The molecule has 1 aliphatic carbocycles. The maximum Gasteiger partial charge on any atom is 0.169 e. The van der Waals surface area contributed by atoms with Gasteiger partial charge >= 0.3 is 0 Å². The molecule has 2 aliphatic heterocycles. The molecule has 3 nitrogen and oxygen atoms in total. The Morgan fingerprint density at radius 1 is 1.14 bits per heavy atom. The van der Waals surface area contributed by atoms with Crippen LogP contribution in [0.2, 0.25) is 0 Å². The first-order chi connectivity index (χ1) is 9.96. The van der Waals surface area contributed by atoms with Gasteiger partial charge < -0.3 is 12.4 Å². The lowest BCUT2D eigenvalue weighted by Gasteiger charge is -2.32. The van der Waals surface area contributed by atoms with Crippen LogP contribution < -0.4 is 28.3 Å². The predicted molar refractivity (Wildman–Crippen MR) is 80.3 cm³/mol. The molecule has 0 radical (unpaired) electrons. The summed E-state index contributed by atoms with van der Waals surface area (Å²) in [5.74, 6) is 0.268. The fourth-order valence-electron chi connectivity index (χ4n) is 3.75. The molecule has 4 heteroatoms. The number of para-hydroxylation sites is 1. The van der Waals surface area contributed by atoms with Crippen molar-refractivity contribution in [3.8, 4) is 0 Å². The van der Waals surface area contributed by atoms with Crippen LogP contribution in [0.3, 0.4) is 0 Å². The number of nitrogens with zero attached hydrogens (tertiary/aromatic N) is 1. The summed E-state index contributed by atoms with van der Waals surface area (Å²) in [5.41, 5.74) is 5.40. The number of ketones is 1. The molecule has 0 spiro atoms. The quantitative estimate of drug-likeness (QED) is 0.587. The van der Waals surface area contributed by atoms with Crippen LogP contribution in [0.25, 0.3) is 5.57 Å². The Kier molecular flexibility index (Phi) is 3.38. The third kappa shape index (κ3) is 2.08. The highest BCUT2D eigenvalue weighted by atomic mass is 35.5. The molecule has 0 atom stereocenters. The van der Waals surface area contributed by atoms with E-state index in [1.165, 1.54) is 11.4 Å². The summed E-state index contributed by atoms with van der Waals surface area (Å²) in [6.45, 7) is 6.45. The van der Waals surface area contributed by atoms with E-state index in [1.54, 1.807) is 0 Å². The number of fused-ring (bicyclic) bond motifs is 3. The van der Waals surface area contributed by atoms with E-state index < -0.39 is 0 Å². The van der Waals surface area contributed by atoms with E-state index in [0.717, 1.165) is 33.8 Å². The molecule has 4 rings (SSSR count). The fourth-order valence-corrected chi connectivity index (χ4v) is 3.75. The van der Waals surface area contributed by atoms with Crippen molar-refractivity contribution in [2.75, 3.05) is 0 Å². The van der Waals surface area contributed by atoms with Crippen LogP contribution in [0, 0.1) is 5.41 Å². The lowest BCUT2D eigenvalue weighted by atomic mass is 9.73. The number of Topliss-reactive ketones (excluding diaryl/α,β-unsaturated/α-hetero) is 1. The van der Waals surface area contributed by atoms with Crippen molar-refractivity contribution in [2.24, 2.45) is 10.4 Å². The van der Waals surface area contributed by atoms with Gasteiger partial charge in [0.25, 0.3) is 0 Å². The molecule has 1 aromatic carbocycles. The lowest BCUT2D eigenvalue weighted by Crippen LogP contribution is -3.00. The molecule has 0 fully saturated rings. The van der Waals surface area contributed by atoms with E-state index >= 15 is 0 Å². The summed E-state index contributed by atoms with van der Waals surface area (Å²) in [5, 5.41) is 4.27. The Morgan fingerprint density at radius 2 is 1.86 bits per heavy atom. The van der Waals surface area contributed by atoms with Gasteiger partial charge in [0, 0.05) is 30.6 Å².